The van der Waals surface area contributed by atoms with Crippen LogP contribution in [-0.4, -0.2) is 27.6 Å². The zero-order valence-electron chi connectivity index (χ0n) is 12.0. The molecule has 3 N–H and O–H groups in total. The molecule has 120 valence electrons. The molecule has 0 bridgehead atoms. The molecule has 1 atom stereocenters. The van der Waals surface area contributed by atoms with Crippen molar-refractivity contribution in [1.82, 2.24) is 9.88 Å². The smallest absolute Gasteiger partial charge is 0.180 e. The number of nitrogens with two attached hydrogens (primary N) is 1. The lowest BCUT2D eigenvalue weighted by Crippen LogP contribution is -2.30. The minimum atomic E-state index is -0.614. The van der Waals surface area contributed by atoms with E-state index in [2.05, 4.69) is 9.88 Å². The number of anilines is 1. The van der Waals surface area contributed by atoms with E-state index in [4.69, 9.17) is 5.73 Å². The zero-order valence-corrected chi connectivity index (χ0v) is 13.6. The number of nitrogen functional groups attached to an aromatic ring is 1. The van der Waals surface area contributed by atoms with Gasteiger partial charge in [-0.2, -0.15) is 0 Å². The molecular weight excluding hydrogens is 325 g/mol. The van der Waals surface area contributed by atoms with Gasteiger partial charge >= 0.3 is 0 Å². The summed E-state index contributed by atoms with van der Waals surface area (Å²) < 4.78 is 12.9. The number of aromatic nitrogens is 1. The van der Waals surface area contributed by atoms with Crippen molar-refractivity contribution in [3.63, 3.8) is 0 Å². The molecule has 1 fully saturated rings. The quantitative estimate of drug-likeness (QED) is 0.846. The molecule has 1 saturated carbocycles. The van der Waals surface area contributed by atoms with Gasteiger partial charge in [0, 0.05) is 30.2 Å². The highest BCUT2D eigenvalue weighted by molar-refractivity contribution is 7.15. The monoisotopic (exact) mass is 343 g/mol. The molecule has 0 spiro atoms. The predicted octanol–water partition coefficient (Wildman–Crippen LogP) is 2.98. The minimum absolute atomic E-state index is 0. The maximum atomic E-state index is 12.9. The maximum absolute atomic E-state index is 12.9. The van der Waals surface area contributed by atoms with Gasteiger partial charge in [0.05, 0.1) is 6.10 Å². The van der Waals surface area contributed by atoms with Crippen molar-refractivity contribution < 1.29 is 9.50 Å². The number of nitrogens with zero attached hydrogens (tertiary/aromatic N) is 2. The molecule has 0 radical (unpaired) electrons. The number of aliphatic hydroxyl groups is 1. The Morgan fingerprint density at radius 1 is 1.36 bits per heavy atom. The Labute approximate surface area is 139 Å². The van der Waals surface area contributed by atoms with Crippen molar-refractivity contribution in [3.8, 4) is 0 Å². The molecular formula is C15H19ClFN3OS. The van der Waals surface area contributed by atoms with Crippen molar-refractivity contribution in [3.05, 3.63) is 46.7 Å². The van der Waals surface area contributed by atoms with Gasteiger partial charge in [-0.15, -0.1) is 23.7 Å². The third kappa shape index (κ3) is 4.39. The van der Waals surface area contributed by atoms with Gasteiger partial charge in [-0.1, -0.05) is 12.1 Å². The largest absolute Gasteiger partial charge is 0.387 e. The lowest BCUT2D eigenvalue weighted by molar-refractivity contribution is 0.105. The second-order valence-electron chi connectivity index (χ2n) is 5.39. The standard InChI is InChI=1S/C15H18FN3OS.ClH/c16-11-3-1-10(2-4-11)14(20)9-19(12-5-6-12)8-13-7-18-15(17)21-13;/h1-4,7,12,14,20H,5-6,8-9H2,(H2,17,18);1H. The first-order valence-corrected chi connectivity index (χ1v) is 7.81. The highest BCUT2D eigenvalue weighted by Gasteiger charge is 2.30. The van der Waals surface area contributed by atoms with Crippen molar-refractivity contribution in [2.75, 3.05) is 12.3 Å². The van der Waals surface area contributed by atoms with Crippen LogP contribution in [0.1, 0.15) is 29.4 Å². The van der Waals surface area contributed by atoms with Crippen LogP contribution < -0.4 is 5.73 Å². The van der Waals surface area contributed by atoms with E-state index in [1.165, 1.54) is 23.5 Å². The Morgan fingerprint density at radius 3 is 2.59 bits per heavy atom. The lowest BCUT2D eigenvalue weighted by Gasteiger charge is -2.24. The van der Waals surface area contributed by atoms with E-state index >= 15 is 0 Å². The summed E-state index contributed by atoms with van der Waals surface area (Å²) in [4.78, 5) is 7.42. The molecule has 1 aliphatic carbocycles. The first-order chi connectivity index (χ1) is 10.1. The summed E-state index contributed by atoms with van der Waals surface area (Å²) in [6.07, 6.45) is 3.49. The fourth-order valence-electron chi connectivity index (χ4n) is 2.39. The minimum Gasteiger partial charge on any atom is -0.387 e. The van der Waals surface area contributed by atoms with E-state index in [9.17, 15) is 9.50 Å². The number of rotatable bonds is 6. The second kappa shape index (κ2) is 7.37. The summed E-state index contributed by atoms with van der Waals surface area (Å²) in [5.74, 6) is -0.287. The number of thiazole rings is 1. The zero-order chi connectivity index (χ0) is 14.8. The van der Waals surface area contributed by atoms with E-state index in [1.807, 2.05) is 0 Å². The van der Waals surface area contributed by atoms with Gasteiger partial charge in [0.15, 0.2) is 5.13 Å². The van der Waals surface area contributed by atoms with Crippen molar-refractivity contribution in [2.45, 2.75) is 31.5 Å². The fraction of sp³-hybridized carbons (Fsp3) is 0.400. The van der Waals surface area contributed by atoms with Gasteiger partial charge in [0.2, 0.25) is 0 Å². The van der Waals surface area contributed by atoms with Crippen LogP contribution >= 0.6 is 23.7 Å². The van der Waals surface area contributed by atoms with Crippen LogP contribution in [0.25, 0.3) is 0 Å². The van der Waals surface area contributed by atoms with Crippen molar-refractivity contribution >= 4 is 28.9 Å². The molecule has 3 rings (SSSR count). The average molecular weight is 344 g/mol. The normalized spacial score (nSPS) is 15.6. The summed E-state index contributed by atoms with van der Waals surface area (Å²) >= 11 is 1.48. The molecule has 0 amide bonds. The van der Waals surface area contributed by atoms with Crippen LogP contribution in [0.2, 0.25) is 0 Å². The number of halogens is 2. The first kappa shape index (κ1) is 17.1. The second-order valence-corrected chi connectivity index (χ2v) is 6.54. The Balaban J connectivity index is 0.00000176. The van der Waals surface area contributed by atoms with Gasteiger partial charge in [-0.3, -0.25) is 4.90 Å². The SMILES string of the molecule is Cl.Nc1ncc(CN(CC(O)c2ccc(F)cc2)C2CC2)s1. The van der Waals surface area contributed by atoms with Crippen LogP contribution in [0.5, 0.6) is 0 Å². The van der Waals surface area contributed by atoms with Crippen molar-refractivity contribution in [2.24, 2.45) is 0 Å². The summed E-state index contributed by atoms with van der Waals surface area (Å²) in [7, 11) is 0. The molecule has 0 saturated heterocycles. The Bertz CT molecular complexity index is 603. The van der Waals surface area contributed by atoms with Crippen LogP contribution in [0.15, 0.2) is 30.5 Å². The summed E-state index contributed by atoms with van der Waals surface area (Å²) in [5.41, 5.74) is 6.40. The molecule has 1 aliphatic rings. The highest BCUT2D eigenvalue weighted by atomic mass is 35.5. The summed E-state index contributed by atoms with van der Waals surface area (Å²) in [6.45, 7) is 1.28. The molecule has 0 aliphatic heterocycles. The van der Waals surface area contributed by atoms with Crippen LogP contribution in [-0.2, 0) is 6.54 Å². The third-order valence-corrected chi connectivity index (χ3v) is 4.47. The van der Waals surface area contributed by atoms with Gasteiger partial charge in [-0.05, 0) is 30.5 Å². The van der Waals surface area contributed by atoms with Crippen molar-refractivity contribution in [1.29, 1.82) is 0 Å². The fourth-order valence-corrected chi connectivity index (χ4v) is 3.10. The number of aliphatic hydroxyl groups excluding tert-OH is 1. The molecule has 1 aromatic carbocycles. The molecule has 22 heavy (non-hydrogen) atoms. The summed E-state index contributed by atoms with van der Waals surface area (Å²) in [5, 5.41) is 10.9. The number of hydrogen-bond donors (Lipinski definition) is 2. The van der Waals surface area contributed by atoms with Crippen LogP contribution in [0, 0.1) is 5.82 Å². The molecule has 4 nitrogen and oxygen atoms in total. The van der Waals surface area contributed by atoms with E-state index in [0.29, 0.717) is 17.7 Å². The molecule has 1 aromatic heterocycles. The molecule has 7 heteroatoms. The van der Waals surface area contributed by atoms with Gasteiger partial charge < -0.3 is 10.8 Å². The lowest BCUT2D eigenvalue weighted by atomic mass is 10.1. The Hall–Kier alpha value is -1.21. The van der Waals surface area contributed by atoms with Gasteiger partial charge in [0.1, 0.15) is 5.82 Å². The molecule has 1 unspecified atom stereocenters. The maximum Gasteiger partial charge on any atom is 0.180 e. The van der Waals surface area contributed by atoms with E-state index in [-0.39, 0.29) is 18.2 Å². The van der Waals surface area contributed by atoms with Gasteiger partial charge in [-0.25, -0.2) is 9.37 Å². The highest BCUT2D eigenvalue weighted by Crippen LogP contribution is 2.31. The number of benzene rings is 1. The van der Waals surface area contributed by atoms with Crippen LogP contribution in [0.4, 0.5) is 9.52 Å². The van der Waals surface area contributed by atoms with Gasteiger partial charge in [0.25, 0.3) is 0 Å². The first-order valence-electron chi connectivity index (χ1n) is 6.99. The van der Waals surface area contributed by atoms with E-state index in [0.717, 1.165) is 29.8 Å². The third-order valence-electron chi connectivity index (χ3n) is 3.66. The van der Waals surface area contributed by atoms with E-state index in [1.54, 1.807) is 18.3 Å². The number of hydrogen-bond acceptors (Lipinski definition) is 5. The Kier molecular flexibility index (Phi) is 5.74. The Morgan fingerprint density at radius 2 is 2.05 bits per heavy atom. The molecule has 2 aromatic rings. The molecule has 1 heterocycles. The average Bonchev–Trinajstić information content (AvgIpc) is 3.23. The van der Waals surface area contributed by atoms with E-state index < -0.39 is 6.10 Å². The van der Waals surface area contributed by atoms with Crippen LogP contribution in [0.3, 0.4) is 0 Å². The topological polar surface area (TPSA) is 62.4 Å². The summed E-state index contributed by atoms with van der Waals surface area (Å²) in [6, 6.07) is 6.54. The predicted molar refractivity (Wildman–Crippen MR) is 88.6 cm³/mol.